The molecule has 4 aromatic rings. The van der Waals surface area contributed by atoms with Crippen molar-refractivity contribution in [2.24, 2.45) is 5.73 Å². The lowest BCUT2D eigenvalue weighted by Crippen LogP contribution is -2.31. The molecule has 1 heterocycles. The van der Waals surface area contributed by atoms with Crippen molar-refractivity contribution in [2.45, 2.75) is 6.92 Å². The molecule has 0 atom stereocenters. The minimum atomic E-state index is -1.22. The van der Waals surface area contributed by atoms with Gasteiger partial charge in [-0.2, -0.15) is 0 Å². The van der Waals surface area contributed by atoms with Gasteiger partial charge in [-0.15, -0.1) is 0 Å². The Labute approximate surface area is 199 Å². The highest BCUT2D eigenvalue weighted by molar-refractivity contribution is 6.00. The highest BCUT2D eigenvalue weighted by Crippen LogP contribution is 2.30. The lowest BCUT2D eigenvalue weighted by atomic mass is 10.1. The number of nitrogens with zero attached hydrogens (tertiary/aromatic N) is 2. The fourth-order valence-electron chi connectivity index (χ4n) is 3.40. The highest BCUT2D eigenvalue weighted by atomic mass is 16.5. The average molecular weight is 475 g/mol. The normalized spacial score (nSPS) is 10.5. The van der Waals surface area contributed by atoms with Crippen LogP contribution in [-0.4, -0.2) is 39.8 Å². The Morgan fingerprint density at radius 2 is 1.77 bits per heavy atom. The zero-order valence-electron chi connectivity index (χ0n) is 18.5. The van der Waals surface area contributed by atoms with Crippen molar-refractivity contribution in [1.82, 2.24) is 9.97 Å². The lowest BCUT2D eigenvalue weighted by Gasteiger charge is -2.21. The summed E-state index contributed by atoms with van der Waals surface area (Å²) in [6, 6.07) is 17.4. The third-order valence-electron chi connectivity index (χ3n) is 4.85. The molecule has 0 unspecified atom stereocenters. The summed E-state index contributed by atoms with van der Waals surface area (Å²) in [5, 5.41) is 11.0. The smallest absolute Gasteiger partial charge is 0.411 e. The topological polar surface area (TPSA) is 160 Å². The molecule has 11 heteroatoms. The van der Waals surface area contributed by atoms with Gasteiger partial charge in [0.15, 0.2) is 0 Å². The number of nitrogens with two attached hydrogens (primary N) is 1. The van der Waals surface area contributed by atoms with E-state index in [2.05, 4.69) is 15.3 Å². The van der Waals surface area contributed by atoms with Gasteiger partial charge in [0.2, 0.25) is 5.95 Å². The first-order valence-corrected chi connectivity index (χ1v) is 10.5. The van der Waals surface area contributed by atoms with E-state index in [4.69, 9.17) is 20.3 Å². The Kier molecular flexibility index (Phi) is 6.49. The van der Waals surface area contributed by atoms with Gasteiger partial charge in [-0.3, -0.25) is 10.2 Å². The number of fused-ring (bicyclic) bond motifs is 1. The van der Waals surface area contributed by atoms with Gasteiger partial charge in [0.1, 0.15) is 11.5 Å². The average Bonchev–Trinajstić information content (AvgIpc) is 3.21. The van der Waals surface area contributed by atoms with E-state index in [1.807, 2.05) is 0 Å². The van der Waals surface area contributed by atoms with Crippen LogP contribution in [0.2, 0.25) is 0 Å². The number of H-pyrrole nitrogens is 1. The summed E-state index contributed by atoms with van der Waals surface area (Å²) in [4.78, 5) is 43.3. The Balaban J connectivity index is 1.54. The van der Waals surface area contributed by atoms with Crippen molar-refractivity contribution in [3.63, 3.8) is 0 Å². The third kappa shape index (κ3) is 5.30. The van der Waals surface area contributed by atoms with Crippen molar-refractivity contribution < 1.29 is 29.0 Å². The molecule has 0 saturated carbocycles. The van der Waals surface area contributed by atoms with Gasteiger partial charge in [-0.05, 0) is 61.5 Å². The number of anilines is 3. The number of hydrogen-bond donors (Lipinski definition) is 4. The summed E-state index contributed by atoms with van der Waals surface area (Å²) in [7, 11) is 0. The number of amides is 3. The van der Waals surface area contributed by atoms with Crippen LogP contribution in [0.3, 0.4) is 0 Å². The van der Waals surface area contributed by atoms with Gasteiger partial charge in [-0.25, -0.2) is 19.4 Å². The number of benzene rings is 3. The second-order valence-electron chi connectivity index (χ2n) is 7.23. The summed E-state index contributed by atoms with van der Waals surface area (Å²) in [6.07, 6.45) is -1.22. The van der Waals surface area contributed by atoms with E-state index in [0.29, 0.717) is 39.5 Å². The van der Waals surface area contributed by atoms with E-state index in [1.54, 1.807) is 67.6 Å². The van der Waals surface area contributed by atoms with E-state index < -0.39 is 18.1 Å². The molecule has 0 bridgehead atoms. The first kappa shape index (κ1) is 23.1. The van der Waals surface area contributed by atoms with Crippen LogP contribution in [0.15, 0.2) is 66.7 Å². The molecule has 0 aliphatic rings. The van der Waals surface area contributed by atoms with Crippen LogP contribution in [-0.2, 0) is 4.74 Å². The number of primary amides is 1. The number of nitrogens with one attached hydrogen (secondary N) is 2. The van der Waals surface area contributed by atoms with Gasteiger partial charge >= 0.3 is 18.1 Å². The van der Waals surface area contributed by atoms with E-state index in [0.717, 1.165) is 0 Å². The Morgan fingerprint density at radius 3 is 2.46 bits per heavy atom. The fourth-order valence-corrected chi connectivity index (χ4v) is 3.40. The number of aromatic nitrogens is 2. The summed E-state index contributed by atoms with van der Waals surface area (Å²) < 4.78 is 10.9. The van der Waals surface area contributed by atoms with Gasteiger partial charge < -0.3 is 25.3 Å². The Morgan fingerprint density at radius 1 is 1.03 bits per heavy atom. The van der Waals surface area contributed by atoms with E-state index in [9.17, 15) is 14.4 Å². The zero-order valence-corrected chi connectivity index (χ0v) is 18.5. The van der Waals surface area contributed by atoms with Crippen LogP contribution in [0.4, 0.5) is 26.9 Å². The number of aromatic amines is 1. The molecule has 1 aromatic heterocycles. The maximum absolute atomic E-state index is 12.2. The van der Waals surface area contributed by atoms with Gasteiger partial charge in [0.05, 0.1) is 34.6 Å². The highest BCUT2D eigenvalue weighted by Gasteiger charge is 2.17. The molecular formula is C24H21N5O6. The van der Waals surface area contributed by atoms with Crippen LogP contribution >= 0.6 is 0 Å². The van der Waals surface area contributed by atoms with Crippen LogP contribution in [0.25, 0.3) is 11.0 Å². The van der Waals surface area contributed by atoms with Crippen molar-refractivity contribution in [3.8, 4) is 11.5 Å². The monoisotopic (exact) mass is 475 g/mol. The van der Waals surface area contributed by atoms with Gasteiger partial charge in [-0.1, -0.05) is 6.07 Å². The molecule has 0 aliphatic carbocycles. The van der Waals surface area contributed by atoms with Gasteiger partial charge in [0, 0.05) is 6.07 Å². The zero-order chi connectivity index (χ0) is 24.9. The van der Waals surface area contributed by atoms with Crippen LogP contribution in [0.5, 0.6) is 11.5 Å². The second-order valence-corrected chi connectivity index (χ2v) is 7.23. The number of urea groups is 1. The number of esters is 1. The standard InChI is InChI=1S/C24H21N5O6/c1-2-34-21(30)14-4-3-5-16(12-14)29(22(25)31)15-6-8-17(9-7-15)35-18-10-11-19-20(13-18)27-23(26-19)28-24(32)33/h3-13H,2H2,1H3,(H2,25,31)(H,32,33)(H2,26,27,28). The van der Waals surface area contributed by atoms with E-state index in [-0.39, 0.29) is 12.6 Å². The third-order valence-corrected chi connectivity index (χ3v) is 4.85. The predicted molar refractivity (Wildman–Crippen MR) is 128 cm³/mol. The maximum Gasteiger partial charge on any atom is 0.411 e. The quantitative estimate of drug-likeness (QED) is 0.278. The molecule has 0 aliphatic heterocycles. The molecule has 4 rings (SSSR count). The summed E-state index contributed by atoms with van der Waals surface area (Å²) >= 11 is 0. The molecule has 178 valence electrons. The van der Waals surface area contributed by atoms with Crippen molar-refractivity contribution in [1.29, 1.82) is 0 Å². The number of ether oxygens (including phenoxy) is 2. The fraction of sp³-hybridized carbons (Fsp3) is 0.0833. The largest absolute Gasteiger partial charge is 0.465 e. The number of imidazole rings is 1. The maximum atomic E-state index is 12.2. The number of rotatable bonds is 7. The van der Waals surface area contributed by atoms with Crippen molar-refractivity contribution in [2.75, 3.05) is 16.8 Å². The minimum absolute atomic E-state index is 0.104. The van der Waals surface area contributed by atoms with Crippen LogP contribution in [0.1, 0.15) is 17.3 Å². The van der Waals surface area contributed by atoms with Crippen molar-refractivity contribution >= 4 is 46.5 Å². The first-order chi connectivity index (χ1) is 16.8. The molecule has 5 N–H and O–H groups in total. The molecule has 0 spiro atoms. The molecule has 0 saturated heterocycles. The molecule has 35 heavy (non-hydrogen) atoms. The number of carbonyl (C=O) groups is 3. The predicted octanol–water partition coefficient (Wildman–Crippen LogP) is 4.84. The van der Waals surface area contributed by atoms with Gasteiger partial charge in [0.25, 0.3) is 0 Å². The molecule has 11 nitrogen and oxygen atoms in total. The molecule has 0 fully saturated rings. The molecule has 3 amide bonds. The lowest BCUT2D eigenvalue weighted by molar-refractivity contribution is 0.0526. The first-order valence-electron chi connectivity index (χ1n) is 10.5. The summed E-state index contributed by atoms with van der Waals surface area (Å²) in [6.45, 7) is 1.94. The van der Waals surface area contributed by atoms with E-state index in [1.165, 1.54) is 11.0 Å². The van der Waals surface area contributed by atoms with Crippen molar-refractivity contribution in [3.05, 3.63) is 72.3 Å². The molecule has 0 radical (unpaired) electrons. The number of carbonyl (C=O) groups excluding carboxylic acids is 2. The Hall–Kier alpha value is -5.06. The number of hydrogen-bond acceptors (Lipinski definition) is 6. The second kappa shape index (κ2) is 9.83. The van der Waals surface area contributed by atoms with Crippen LogP contribution in [0, 0.1) is 0 Å². The molecular weight excluding hydrogens is 454 g/mol. The summed E-state index contributed by atoms with van der Waals surface area (Å²) in [5.41, 5.74) is 7.95. The minimum Gasteiger partial charge on any atom is -0.465 e. The van der Waals surface area contributed by atoms with E-state index >= 15 is 0 Å². The Bertz CT molecular complexity index is 1400. The van der Waals surface area contributed by atoms with Crippen LogP contribution < -0.4 is 20.7 Å². The molecule has 3 aromatic carbocycles. The number of carboxylic acid groups (broad SMARTS) is 1. The summed E-state index contributed by atoms with van der Waals surface area (Å²) in [5.74, 6) is 0.584. The SMILES string of the molecule is CCOC(=O)c1cccc(N(C(N)=O)c2ccc(Oc3ccc4nc(NC(=O)O)[nH]c4c3)cc2)c1.